The Bertz CT molecular complexity index is 499. The van der Waals surface area contributed by atoms with Gasteiger partial charge >= 0.3 is 0 Å². The van der Waals surface area contributed by atoms with Gasteiger partial charge in [-0.25, -0.2) is 8.42 Å². The molecule has 6 heteroatoms. The minimum atomic E-state index is -2.90. The number of hydrogen-bond acceptors (Lipinski definition) is 3. The first-order valence-corrected chi connectivity index (χ1v) is 9.42. The molecule has 0 spiro atoms. The van der Waals surface area contributed by atoms with E-state index >= 15 is 0 Å². The summed E-state index contributed by atoms with van der Waals surface area (Å²) in [6.07, 6.45) is 2.68. The van der Waals surface area contributed by atoms with Crippen molar-refractivity contribution in [2.45, 2.75) is 25.8 Å². The maximum Gasteiger partial charge on any atom is 0.147 e. The quantitative estimate of drug-likeness (QED) is 0.800. The van der Waals surface area contributed by atoms with Crippen molar-refractivity contribution in [1.29, 1.82) is 0 Å². The fourth-order valence-corrected chi connectivity index (χ4v) is 3.54. The van der Waals surface area contributed by atoms with Crippen LogP contribution in [0.5, 0.6) is 0 Å². The molecular formula is C13H19BrClNO2S. The summed E-state index contributed by atoms with van der Waals surface area (Å²) in [4.78, 5) is 0. The van der Waals surface area contributed by atoms with E-state index in [1.54, 1.807) is 0 Å². The van der Waals surface area contributed by atoms with Crippen LogP contribution in [0.3, 0.4) is 0 Å². The van der Waals surface area contributed by atoms with E-state index in [1.165, 1.54) is 6.26 Å². The molecule has 1 unspecified atom stereocenters. The summed E-state index contributed by atoms with van der Waals surface area (Å²) in [5, 5.41) is 4.04. The first-order chi connectivity index (χ1) is 8.81. The molecule has 0 aliphatic carbocycles. The molecule has 108 valence electrons. The van der Waals surface area contributed by atoms with Crippen molar-refractivity contribution in [3.05, 3.63) is 33.3 Å². The zero-order valence-electron chi connectivity index (χ0n) is 11.1. The third kappa shape index (κ3) is 6.75. The van der Waals surface area contributed by atoms with Gasteiger partial charge in [0.2, 0.25) is 0 Å². The Morgan fingerprint density at radius 3 is 2.58 bits per heavy atom. The average molecular weight is 369 g/mol. The van der Waals surface area contributed by atoms with Crippen LogP contribution in [-0.4, -0.2) is 27.0 Å². The van der Waals surface area contributed by atoms with Crippen LogP contribution in [0.25, 0.3) is 0 Å². The third-order valence-electron chi connectivity index (χ3n) is 2.75. The molecule has 0 saturated carbocycles. The van der Waals surface area contributed by atoms with Gasteiger partial charge in [-0.05, 0) is 43.1 Å². The molecule has 0 aliphatic rings. The van der Waals surface area contributed by atoms with Gasteiger partial charge in [0.25, 0.3) is 0 Å². The van der Waals surface area contributed by atoms with Crippen LogP contribution >= 0.6 is 27.5 Å². The normalized spacial score (nSPS) is 13.5. The van der Waals surface area contributed by atoms with Crippen LogP contribution in [-0.2, 0) is 9.84 Å². The maximum absolute atomic E-state index is 11.2. The van der Waals surface area contributed by atoms with Crippen molar-refractivity contribution in [3.63, 3.8) is 0 Å². The second-order valence-electron chi connectivity index (χ2n) is 4.59. The maximum atomic E-state index is 11.2. The highest BCUT2D eigenvalue weighted by Crippen LogP contribution is 2.26. The van der Waals surface area contributed by atoms with E-state index in [1.807, 2.05) is 25.1 Å². The lowest BCUT2D eigenvalue weighted by atomic mass is 10.0. The van der Waals surface area contributed by atoms with Crippen LogP contribution in [0.15, 0.2) is 22.7 Å². The molecule has 1 aromatic rings. The molecule has 1 N–H and O–H groups in total. The molecule has 1 rings (SSSR count). The second-order valence-corrected chi connectivity index (χ2v) is 8.20. The summed E-state index contributed by atoms with van der Waals surface area (Å²) >= 11 is 9.47. The summed E-state index contributed by atoms with van der Waals surface area (Å²) in [5.41, 5.74) is 1.08. The Balaban J connectivity index is 2.76. The van der Waals surface area contributed by atoms with Gasteiger partial charge in [0.05, 0.1) is 0 Å². The lowest BCUT2D eigenvalue weighted by molar-refractivity contribution is 0.507. The predicted octanol–water partition coefficient (Wildman–Crippen LogP) is 3.58. The second kappa shape index (κ2) is 7.62. The first kappa shape index (κ1) is 17.0. The van der Waals surface area contributed by atoms with E-state index in [0.29, 0.717) is 11.4 Å². The third-order valence-corrected chi connectivity index (χ3v) is 4.45. The number of nitrogens with one attached hydrogen (secondary N) is 1. The summed E-state index contributed by atoms with van der Waals surface area (Å²) in [6, 6.07) is 5.89. The van der Waals surface area contributed by atoms with Gasteiger partial charge < -0.3 is 5.32 Å². The highest BCUT2D eigenvalue weighted by molar-refractivity contribution is 9.10. The fraction of sp³-hybridized carbons (Fsp3) is 0.538. The Hall–Kier alpha value is -0.100. The topological polar surface area (TPSA) is 46.2 Å². The lowest BCUT2D eigenvalue weighted by Gasteiger charge is -2.19. The van der Waals surface area contributed by atoms with Gasteiger partial charge in [-0.3, -0.25) is 0 Å². The summed E-state index contributed by atoms with van der Waals surface area (Å²) < 4.78 is 23.3. The van der Waals surface area contributed by atoms with Crippen molar-refractivity contribution < 1.29 is 8.42 Å². The van der Waals surface area contributed by atoms with Crippen molar-refractivity contribution in [2.24, 2.45) is 0 Å². The Kier molecular flexibility index (Phi) is 6.80. The number of halogens is 2. The summed E-state index contributed by atoms with van der Waals surface area (Å²) in [6.45, 7) is 2.86. The van der Waals surface area contributed by atoms with Gasteiger partial charge in [-0.1, -0.05) is 34.5 Å². The molecule has 0 aromatic heterocycles. The van der Waals surface area contributed by atoms with Crippen LogP contribution in [0.1, 0.15) is 31.4 Å². The highest BCUT2D eigenvalue weighted by atomic mass is 79.9. The van der Waals surface area contributed by atoms with E-state index < -0.39 is 9.84 Å². The molecule has 0 aliphatic heterocycles. The zero-order valence-corrected chi connectivity index (χ0v) is 14.3. The van der Waals surface area contributed by atoms with E-state index in [4.69, 9.17) is 11.6 Å². The molecule has 0 fully saturated rings. The molecule has 0 heterocycles. The largest absolute Gasteiger partial charge is 0.310 e. The van der Waals surface area contributed by atoms with E-state index in [0.717, 1.165) is 23.0 Å². The lowest BCUT2D eigenvalue weighted by Crippen LogP contribution is -2.21. The van der Waals surface area contributed by atoms with Crippen LogP contribution < -0.4 is 5.32 Å². The van der Waals surface area contributed by atoms with Crippen LogP contribution in [0.2, 0.25) is 5.02 Å². The van der Waals surface area contributed by atoms with Crippen LogP contribution in [0.4, 0.5) is 0 Å². The molecule has 0 saturated heterocycles. The summed E-state index contributed by atoms with van der Waals surface area (Å²) in [7, 11) is -2.90. The first-order valence-electron chi connectivity index (χ1n) is 6.19. The molecule has 19 heavy (non-hydrogen) atoms. The zero-order chi connectivity index (χ0) is 14.5. The van der Waals surface area contributed by atoms with Crippen molar-refractivity contribution in [1.82, 2.24) is 5.32 Å². The molecule has 1 atom stereocenters. The van der Waals surface area contributed by atoms with E-state index in [2.05, 4.69) is 21.2 Å². The number of hydrogen-bond donors (Lipinski definition) is 1. The fourth-order valence-electron chi connectivity index (χ4n) is 1.96. The van der Waals surface area contributed by atoms with Gasteiger partial charge in [0, 0.05) is 27.5 Å². The molecule has 3 nitrogen and oxygen atoms in total. The van der Waals surface area contributed by atoms with Gasteiger partial charge in [0.1, 0.15) is 9.84 Å². The van der Waals surface area contributed by atoms with Crippen LogP contribution in [0, 0.1) is 0 Å². The SMILES string of the molecule is CCNC(CCCS(C)(=O)=O)c1cc(Cl)cc(Br)c1. The van der Waals surface area contributed by atoms with Gasteiger partial charge in [-0.15, -0.1) is 0 Å². The number of benzene rings is 1. The summed E-state index contributed by atoms with van der Waals surface area (Å²) in [5.74, 6) is 0.219. The van der Waals surface area contributed by atoms with Crippen molar-refractivity contribution >= 4 is 37.4 Å². The van der Waals surface area contributed by atoms with Gasteiger partial charge in [0.15, 0.2) is 0 Å². The predicted molar refractivity (Wildman–Crippen MR) is 84.5 cm³/mol. The molecular weight excluding hydrogens is 350 g/mol. The standard InChI is InChI=1S/C13H19BrClNO2S/c1-3-16-13(5-4-6-19(2,17)18)10-7-11(14)9-12(15)8-10/h7-9,13,16H,3-6H2,1-2H3. The van der Waals surface area contributed by atoms with Crippen molar-refractivity contribution in [3.8, 4) is 0 Å². The molecule has 0 radical (unpaired) electrons. The van der Waals surface area contributed by atoms with E-state index in [9.17, 15) is 8.42 Å². The Labute approximate surface area is 128 Å². The average Bonchev–Trinajstić information content (AvgIpc) is 2.25. The van der Waals surface area contributed by atoms with Crippen molar-refractivity contribution in [2.75, 3.05) is 18.6 Å². The number of sulfone groups is 1. The molecule has 0 bridgehead atoms. The minimum Gasteiger partial charge on any atom is -0.310 e. The smallest absolute Gasteiger partial charge is 0.147 e. The molecule has 0 amide bonds. The number of rotatable bonds is 7. The van der Waals surface area contributed by atoms with E-state index in [-0.39, 0.29) is 11.8 Å². The Morgan fingerprint density at radius 1 is 1.37 bits per heavy atom. The highest BCUT2D eigenvalue weighted by Gasteiger charge is 2.13. The van der Waals surface area contributed by atoms with Gasteiger partial charge in [-0.2, -0.15) is 0 Å². The Morgan fingerprint density at radius 2 is 2.05 bits per heavy atom. The molecule has 1 aromatic carbocycles. The minimum absolute atomic E-state index is 0.127. The monoisotopic (exact) mass is 367 g/mol.